The van der Waals surface area contributed by atoms with E-state index < -0.39 is 0 Å². The lowest BCUT2D eigenvalue weighted by Crippen LogP contribution is -1.84. The SMILES string of the molecule is CC/C=C/c1cc(Br)c(/C=C/COC)cc1Br. The van der Waals surface area contributed by atoms with Crippen molar-refractivity contribution in [3.05, 3.63) is 44.4 Å². The number of hydrogen-bond acceptors (Lipinski definition) is 1. The third kappa shape index (κ3) is 4.78. The van der Waals surface area contributed by atoms with E-state index in [1.165, 1.54) is 5.56 Å². The summed E-state index contributed by atoms with van der Waals surface area (Å²) in [5.41, 5.74) is 2.32. The fourth-order valence-corrected chi connectivity index (χ4v) is 2.34. The van der Waals surface area contributed by atoms with Crippen molar-refractivity contribution in [2.45, 2.75) is 13.3 Å². The van der Waals surface area contributed by atoms with E-state index in [0.29, 0.717) is 6.61 Å². The molecule has 1 aromatic carbocycles. The second kappa shape index (κ2) is 7.85. The van der Waals surface area contributed by atoms with Gasteiger partial charge in [0.05, 0.1) is 6.61 Å². The number of hydrogen-bond donors (Lipinski definition) is 0. The monoisotopic (exact) mass is 358 g/mol. The number of benzene rings is 1. The van der Waals surface area contributed by atoms with E-state index in [1.54, 1.807) is 7.11 Å². The molecule has 92 valence electrons. The van der Waals surface area contributed by atoms with Crippen molar-refractivity contribution in [3.63, 3.8) is 0 Å². The molecule has 17 heavy (non-hydrogen) atoms. The van der Waals surface area contributed by atoms with Crippen molar-refractivity contribution in [2.24, 2.45) is 0 Å². The van der Waals surface area contributed by atoms with Gasteiger partial charge in [-0.25, -0.2) is 0 Å². The van der Waals surface area contributed by atoms with Gasteiger partial charge in [-0.05, 0) is 29.7 Å². The molecule has 0 unspecified atom stereocenters. The molecule has 0 spiro atoms. The Kier molecular flexibility index (Phi) is 6.78. The van der Waals surface area contributed by atoms with E-state index in [0.717, 1.165) is 20.9 Å². The highest BCUT2D eigenvalue weighted by atomic mass is 79.9. The van der Waals surface area contributed by atoms with E-state index in [2.05, 4.69) is 63.1 Å². The number of allylic oxidation sites excluding steroid dienone is 1. The molecule has 1 aromatic rings. The molecule has 0 atom stereocenters. The first kappa shape index (κ1) is 14.7. The lowest BCUT2D eigenvalue weighted by atomic mass is 10.1. The minimum Gasteiger partial charge on any atom is -0.381 e. The fourth-order valence-electron chi connectivity index (χ4n) is 1.35. The first-order valence-corrected chi connectivity index (χ1v) is 7.08. The zero-order valence-corrected chi connectivity index (χ0v) is 13.2. The van der Waals surface area contributed by atoms with Crippen molar-refractivity contribution in [1.29, 1.82) is 0 Å². The van der Waals surface area contributed by atoms with Crippen LogP contribution in [0.1, 0.15) is 24.5 Å². The second-order valence-electron chi connectivity index (χ2n) is 3.56. The average Bonchev–Trinajstić information content (AvgIpc) is 2.31. The molecule has 3 heteroatoms. The molecule has 0 fully saturated rings. The van der Waals surface area contributed by atoms with E-state index in [1.807, 2.05) is 12.2 Å². The van der Waals surface area contributed by atoms with Gasteiger partial charge in [-0.3, -0.25) is 0 Å². The summed E-state index contributed by atoms with van der Waals surface area (Å²) in [5, 5.41) is 0. The highest BCUT2D eigenvalue weighted by Gasteiger charge is 2.02. The van der Waals surface area contributed by atoms with Gasteiger partial charge in [-0.2, -0.15) is 0 Å². The van der Waals surface area contributed by atoms with Gasteiger partial charge in [0, 0.05) is 16.1 Å². The predicted octanol–water partition coefficient (Wildman–Crippen LogP) is 5.29. The molecule has 0 N–H and O–H groups in total. The quantitative estimate of drug-likeness (QED) is 0.693. The molecule has 0 radical (unpaired) electrons. The standard InChI is InChI=1S/C14H16Br2O/c1-3-4-6-11-9-14(16)12(10-13(11)15)7-5-8-17-2/h4-7,9-10H,3,8H2,1-2H3/b6-4+,7-5+. The molecule has 0 bridgehead atoms. The van der Waals surface area contributed by atoms with Crippen molar-refractivity contribution in [3.8, 4) is 0 Å². The number of methoxy groups -OCH3 is 1. The summed E-state index contributed by atoms with van der Waals surface area (Å²) in [5.74, 6) is 0. The molecule has 0 aromatic heterocycles. The van der Waals surface area contributed by atoms with Crippen LogP contribution in [-0.2, 0) is 4.74 Å². The summed E-state index contributed by atoms with van der Waals surface area (Å²) < 4.78 is 7.17. The lowest BCUT2D eigenvalue weighted by molar-refractivity contribution is 0.234. The van der Waals surface area contributed by atoms with Crippen LogP contribution < -0.4 is 0 Å². The summed E-state index contributed by atoms with van der Waals surface area (Å²) in [7, 11) is 1.69. The van der Waals surface area contributed by atoms with Crippen LogP contribution in [0.3, 0.4) is 0 Å². The minimum absolute atomic E-state index is 0.627. The van der Waals surface area contributed by atoms with Gasteiger partial charge >= 0.3 is 0 Å². The summed E-state index contributed by atoms with van der Waals surface area (Å²) in [6.07, 6.45) is 9.35. The molecule has 0 heterocycles. The largest absolute Gasteiger partial charge is 0.381 e. The maximum absolute atomic E-state index is 4.99. The Hall–Kier alpha value is -0.380. The summed E-state index contributed by atoms with van der Waals surface area (Å²) in [4.78, 5) is 0. The molecule has 0 aliphatic heterocycles. The van der Waals surface area contributed by atoms with Gasteiger partial charge in [-0.15, -0.1) is 0 Å². The first-order chi connectivity index (χ1) is 8.19. The highest BCUT2D eigenvalue weighted by molar-refractivity contribution is 9.11. The van der Waals surface area contributed by atoms with E-state index in [4.69, 9.17) is 4.74 Å². The van der Waals surface area contributed by atoms with E-state index in [9.17, 15) is 0 Å². The number of halogens is 2. The van der Waals surface area contributed by atoms with Crippen LogP contribution in [0.25, 0.3) is 12.2 Å². The molecular weight excluding hydrogens is 344 g/mol. The number of ether oxygens (including phenoxy) is 1. The number of rotatable bonds is 5. The van der Waals surface area contributed by atoms with Gasteiger partial charge in [0.2, 0.25) is 0 Å². The van der Waals surface area contributed by atoms with Gasteiger partial charge in [-0.1, -0.05) is 63.1 Å². The smallest absolute Gasteiger partial charge is 0.0646 e. The Morgan fingerprint density at radius 2 is 1.59 bits per heavy atom. The van der Waals surface area contributed by atoms with Crippen LogP contribution in [0.15, 0.2) is 33.2 Å². The zero-order chi connectivity index (χ0) is 12.7. The minimum atomic E-state index is 0.627. The van der Waals surface area contributed by atoms with Crippen molar-refractivity contribution < 1.29 is 4.74 Å². The molecule has 1 nitrogen and oxygen atoms in total. The third-order valence-electron chi connectivity index (χ3n) is 2.21. The van der Waals surface area contributed by atoms with Crippen molar-refractivity contribution in [1.82, 2.24) is 0 Å². The molecule has 0 saturated heterocycles. The van der Waals surface area contributed by atoms with Gasteiger partial charge < -0.3 is 4.74 Å². The van der Waals surface area contributed by atoms with Crippen LogP contribution in [0.5, 0.6) is 0 Å². The van der Waals surface area contributed by atoms with Crippen molar-refractivity contribution in [2.75, 3.05) is 13.7 Å². The normalized spacial score (nSPS) is 11.8. The molecule has 0 saturated carbocycles. The van der Waals surface area contributed by atoms with Crippen LogP contribution in [-0.4, -0.2) is 13.7 Å². The third-order valence-corrected chi connectivity index (χ3v) is 3.58. The van der Waals surface area contributed by atoms with Crippen molar-refractivity contribution >= 4 is 44.0 Å². The predicted molar refractivity (Wildman–Crippen MR) is 82.1 cm³/mol. The molecule has 1 rings (SSSR count). The van der Waals surface area contributed by atoms with Crippen LogP contribution in [0.2, 0.25) is 0 Å². The Labute approximate surface area is 120 Å². The average molecular weight is 360 g/mol. The Morgan fingerprint density at radius 3 is 2.06 bits per heavy atom. The molecule has 0 amide bonds. The van der Waals surface area contributed by atoms with Crippen LogP contribution >= 0.6 is 31.9 Å². The summed E-state index contributed by atoms with van der Waals surface area (Å²) in [6, 6.07) is 4.22. The van der Waals surface area contributed by atoms with Crippen LogP contribution in [0.4, 0.5) is 0 Å². The van der Waals surface area contributed by atoms with Gasteiger partial charge in [0.15, 0.2) is 0 Å². The Balaban J connectivity index is 2.96. The maximum Gasteiger partial charge on any atom is 0.0646 e. The highest BCUT2D eigenvalue weighted by Crippen LogP contribution is 2.28. The summed E-state index contributed by atoms with van der Waals surface area (Å²) >= 11 is 7.16. The van der Waals surface area contributed by atoms with E-state index >= 15 is 0 Å². The van der Waals surface area contributed by atoms with Crippen LogP contribution in [0, 0.1) is 0 Å². The van der Waals surface area contributed by atoms with Gasteiger partial charge in [0.1, 0.15) is 0 Å². The fraction of sp³-hybridized carbons (Fsp3) is 0.286. The van der Waals surface area contributed by atoms with Gasteiger partial charge in [0.25, 0.3) is 0 Å². The zero-order valence-electron chi connectivity index (χ0n) is 10.0. The Morgan fingerprint density at radius 1 is 1.06 bits per heavy atom. The maximum atomic E-state index is 4.99. The van der Waals surface area contributed by atoms with E-state index in [-0.39, 0.29) is 0 Å². The second-order valence-corrected chi connectivity index (χ2v) is 5.27. The molecule has 0 aliphatic carbocycles. The topological polar surface area (TPSA) is 9.23 Å². The Bertz CT molecular complexity index is 422. The first-order valence-electron chi connectivity index (χ1n) is 5.50. The molecule has 0 aliphatic rings. The molecular formula is C14H16Br2O. The lowest BCUT2D eigenvalue weighted by Gasteiger charge is -2.04. The summed E-state index contributed by atoms with van der Waals surface area (Å²) in [6.45, 7) is 2.75.